The van der Waals surface area contributed by atoms with Crippen molar-refractivity contribution in [2.45, 2.75) is 19.3 Å². The zero-order chi connectivity index (χ0) is 28.9. The smallest absolute Gasteiger partial charge is 0.344 e. The van der Waals surface area contributed by atoms with Gasteiger partial charge in [-0.25, -0.2) is 9.59 Å². The lowest BCUT2D eigenvalue weighted by molar-refractivity contribution is -0.146. The van der Waals surface area contributed by atoms with Crippen molar-refractivity contribution in [3.05, 3.63) is 80.8 Å². The zero-order valence-corrected chi connectivity index (χ0v) is 23.6. The van der Waals surface area contributed by atoms with E-state index in [1.54, 1.807) is 0 Å². The predicted molar refractivity (Wildman–Crippen MR) is 149 cm³/mol. The van der Waals surface area contributed by atoms with E-state index in [0.717, 1.165) is 12.2 Å². The van der Waals surface area contributed by atoms with Crippen LogP contribution in [0.2, 0.25) is 20.1 Å². The summed E-state index contributed by atoms with van der Waals surface area (Å²) in [4.78, 5) is 47.2. The second-order valence-corrected chi connectivity index (χ2v) is 9.21. The summed E-state index contributed by atoms with van der Waals surface area (Å²) < 4.78 is 20.8. The van der Waals surface area contributed by atoms with Gasteiger partial charge in [0.2, 0.25) is 0 Å². The van der Waals surface area contributed by atoms with E-state index in [4.69, 9.17) is 65.4 Å². The Morgan fingerprint density at radius 1 is 0.615 bits per heavy atom. The molecule has 0 spiro atoms. The van der Waals surface area contributed by atoms with Gasteiger partial charge in [0.15, 0.2) is 24.8 Å². The summed E-state index contributed by atoms with van der Waals surface area (Å²) in [7, 11) is 0. The molecular weight excluding hydrogens is 594 g/mol. The van der Waals surface area contributed by atoms with Crippen LogP contribution in [0.15, 0.2) is 49.6 Å². The van der Waals surface area contributed by atoms with Gasteiger partial charge >= 0.3 is 11.9 Å². The largest absolute Gasteiger partial charge is 0.480 e. The van der Waals surface area contributed by atoms with Crippen molar-refractivity contribution >= 4 is 69.9 Å². The molecule has 39 heavy (non-hydrogen) atoms. The zero-order valence-electron chi connectivity index (χ0n) is 20.6. The van der Waals surface area contributed by atoms with Crippen molar-refractivity contribution < 1.29 is 38.1 Å². The number of rotatable bonds is 16. The van der Waals surface area contributed by atoms with Crippen LogP contribution in [0.4, 0.5) is 0 Å². The highest BCUT2D eigenvalue weighted by molar-refractivity contribution is 6.45. The first-order valence-electron chi connectivity index (χ1n) is 11.5. The highest BCUT2D eigenvalue weighted by Crippen LogP contribution is 2.36. The summed E-state index contributed by atoms with van der Waals surface area (Å²) in [5.74, 6) is -1.74. The number of hydrogen-bond acceptors (Lipinski definition) is 8. The van der Waals surface area contributed by atoms with Gasteiger partial charge in [0.1, 0.15) is 21.5 Å². The summed E-state index contributed by atoms with van der Waals surface area (Å²) in [6.45, 7) is 6.27. The third-order valence-electron chi connectivity index (χ3n) is 5.00. The monoisotopic (exact) mass is 616 g/mol. The second-order valence-electron chi connectivity index (χ2n) is 7.69. The Bertz CT molecular complexity index is 1160. The van der Waals surface area contributed by atoms with E-state index in [2.05, 4.69) is 13.2 Å². The number of ether oxygens (including phenoxy) is 4. The third kappa shape index (κ3) is 9.58. The van der Waals surface area contributed by atoms with E-state index < -0.39 is 36.7 Å². The van der Waals surface area contributed by atoms with Crippen LogP contribution in [-0.4, -0.2) is 49.9 Å². The lowest BCUT2D eigenvalue weighted by Gasteiger charge is -2.11. The van der Waals surface area contributed by atoms with E-state index in [0.29, 0.717) is 19.3 Å². The fourth-order valence-corrected chi connectivity index (χ4v) is 3.93. The van der Waals surface area contributed by atoms with E-state index >= 15 is 0 Å². The highest BCUT2D eigenvalue weighted by Gasteiger charge is 2.17. The Kier molecular flexibility index (Phi) is 13.3. The molecule has 208 valence electrons. The van der Waals surface area contributed by atoms with E-state index in [1.807, 2.05) is 0 Å². The minimum Gasteiger partial charge on any atom is -0.480 e. The van der Waals surface area contributed by atoms with Crippen LogP contribution >= 0.6 is 46.4 Å². The Balaban J connectivity index is 1.61. The maximum Gasteiger partial charge on any atom is 0.344 e. The quantitative estimate of drug-likeness (QED) is 0.0881. The average Bonchev–Trinajstić information content (AvgIpc) is 2.93. The number of esters is 2. The molecule has 0 bridgehead atoms. The van der Waals surface area contributed by atoms with Gasteiger partial charge in [-0.2, -0.15) is 0 Å². The molecule has 0 saturated heterocycles. The molecule has 0 aliphatic carbocycles. The van der Waals surface area contributed by atoms with Gasteiger partial charge in [0.05, 0.1) is 23.3 Å². The average molecular weight is 618 g/mol. The van der Waals surface area contributed by atoms with Gasteiger partial charge in [-0.1, -0.05) is 59.6 Å². The number of carbonyl (C=O) groups excluding carboxylic acids is 4. The van der Waals surface area contributed by atoms with Gasteiger partial charge in [0.25, 0.3) is 0 Å². The molecule has 0 aliphatic rings. The van der Waals surface area contributed by atoms with Crippen LogP contribution < -0.4 is 9.47 Å². The molecule has 2 aromatic carbocycles. The van der Waals surface area contributed by atoms with Gasteiger partial charge < -0.3 is 18.9 Å². The summed E-state index contributed by atoms with van der Waals surface area (Å²) in [6.07, 6.45) is 3.92. The number of unbranched alkanes of at least 4 members (excludes halogenated alkanes) is 2. The number of hydrogen-bond donors (Lipinski definition) is 0. The molecule has 0 radical (unpaired) electrons. The molecule has 0 aliphatic heterocycles. The summed E-state index contributed by atoms with van der Waals surface area (Å²) >= 11 is 24.3. The van der Waals surface area contributed by atoms with E-state index in [1.165, 1.54) is 24.3 Å². The van der Waals surface area contributed by atoms with Crippen LogP contribution in [0, 0.1) is 0 Å². The first-order chi connectivity index (χ1) is 18.6. The van der Waals surface area contributed by atoms with Crippen LogP contribution in [0.1, 0.15) is 40.0 Å². The molecule has 12 heteroatoms. The molecule has 0 saturated carbocycles. The van der Waals surface area contributed by atoms with Crippen LogP contribution in [0.3, 0.4) is 0 Å². The van der Waals surface area contributed by atoms with Crippen molar-refractivity contribution in [2.75, 3.05) is 26.4 Å². The van der Waals surface area contributed by atoms with Crippen LogP contribution in [0.5, 0.6) is 11.5 Å². The number of allylic oxidation sites excluding steroid dienone is 2. The predicted octanol–water partition coefficient (Wildman–Crippen LogP) is 6.75. The minimum absolute atomic E-state index is 0.00178. The first-order valence-corrected chi connectivity index (χ1v) is 13.0. The van der Waals surface area contributed by atoms with Gasteiger partial charge in [-0.3, -0.25) is 9.59 Å². The van der Waals surface area contributed by atoms with Crippen molar-refractivity contribution in [1.82, 2.24) is 0 Å². The Morgan fingerprint density at radius 2 is 1.00 bits per heavy atom. The standard InChI is InChI=1S/C27H24Cl4O8/c1-3-18(32)16-8-10-20(26(30)24(16)28)38-14-22(34)36-12-6-5-7-13-37-23(35)15-39-21-11-9-17(19(33)4-2)25(29)27(21)31/h3-4,8-11H,1-2,5-7,12-15H2. The number of ketones is 2. The molecule has 0 heterocycles. The number of carbonyl (C=O) groups is 4. The first kappa shape index (κ1) is 32.2. The topological polar surface area (TPSA) is 105 Å². The minimum atomic E-state index is -0.613. The summed E-state index contributed by atoms with van der Waals surface area (Å²) in [5.41, 5.74) is 0.346. The van der Waals surface area contributed by atoms with Crippen LogP contribution in [0.25, 0.3) is 0 Å². The van der Waals surface area contributed by atoms with Gasteiger partial charge in [-0.05, 0) is 55.7 Å². The maximum absolute atomic E-state index is 11.9. The molecule has 0 amide bonds. The van der Waals surface area contributed by atoms with Gasteiger partial charge in [-0.15, -0.1) is 0 Å². The molecule has 0 fully saturated rings. The summed E-state index contributed by atoms with van der Waals surface area (Å²) in [6, 6.07) is 5.70. The Morgan fingerprint density at radius 3 is 1.36 bits per heavy atom. The Labute approximate surface area is 245 Å². The number of benzene rings is 2. The normalized spacial score (nSPS) is 10.4. The van der Waals surface area contributed by atoms with Crippen molar-refractivity contribution in [2.24, 2.45) is 0 Å². The SMILES string of the molecule is C=CC(=O)c1ccc(OCC(=O)OCCCCCOC(=O)COc2ccc(C(=O)C=C)c(Cl)c2Cl)c(Cl)c1Cl. The third-order valence-corrected chi connectivity index (χ3v) is 6.73. The van der Waals surface area contributed by atoms with Gasteiger partial charge in [0, 0.05) is 11.1 Å². The fraction of sp³-hybridized carbons (Fsp3) is 0.259. The van der Waals surface area contributed by atoms with Crippen molar-refractivity contribution in [3.63, 3.8) is 0 Å². The number of halogens is 4. The van der Waals surface area contributed by atoms with Crippen molar-refractivity contribution in [1.29, 1.82) is 0 Å². The lowest BCUT2D eigenvalue weighted by Crippen LogP contribution is -2.16. The maximum atomic E-state index is 11.9. The lowest BCUT2D eigenvalue weighted by atomic mass is 10.1. The molecule has 0 atom stereocenters. The molecule has 2 rings (SSSR count). The van der Waals surface area contributed by atoms with E-state index in [-0.39, 0.29) is 55.9 Å². The molecule has 2 aromatic rings. The Hall–Kier alpha value is -3.04. The molecule has 0 aromatic heterocycles. The molecular formula is C27H24Cl4O8. The fourth-order valence-electron chi connectivity index (χ4n) is 3.00. The molecule has 0 unspecified atom stereocenters. The highest BCUT2D eigenvalue weighted by atomic mass is 35.5. The van der Waals surface area contributed by atoms with Crippen molar-refractivity contribution in [3.8, 4) is 11.5 Å². The molecule has 0 N–H and O–H groups in total. The summed E-state index contributed by atoms with van der Waals surface area (Å²) in [5, 5.41) is 0.0100. The van der Waals surface area contributed by atoms with Crippen LogP contribution in [-0.2, 0) is 19.1 Å². The molecule has 8 nitrogen and oxygen atoms in total. The van der Waals surface area contributed by atoms with E-state index in [9.17, 15) is 19.2 Å². The second kappa shape index (κ2) is 16.2.